The molecule has 0 aliphatic carbocycles. The molecule has 0 unspecified atom stereocenters. The smallest absolute Gasteiger partial charge is 0.278 e. The first-order valence-corrected chi connectivity index (χ1v) is 7.02. The molecule has 0 bridgehead atoms. The van der Waals surface area contributed by atoms with Crippen molar-refractivity contribution in [1.29, 1.82) is 0 Å². The van der Waals surface area contributed by atoms with E-state index in [0.29, 0.717) is 0 Å². The lowest BCUT2D eigenvalue weighted by Crippen LogP contribution is -2.44. The van der Waals surface area contributed by atoms with Gasteiger partial charge in [-0.05, 0) is 32.0 Å². The van der Waals surface area contributed by atoms with Gasteiger partial charge in [0.15, 0.2) is 0 Å². The average molecular weight is 293 g/mol. The Labute approximate surface area is 113 Å². The fourth-order valence-corrected chi connectivity index (χ4v) is 3.16. The van der Waals surface area contributed by atoms with E-state index in [1.165, 1.54) is 16.7 Å². The molecule has 1 fully saturated rings. The summed E-state index contributed by atoms with van der Waals surface area (Å²) in [5, 5.41) is 3.08. The van der Waals surface area contributed by atoms with E-state index < -0.39 is 10.0 Å². The number of rotatable bonds is 3. The van der Waals surface area contributed by atoms with Crippen LogP contribution in [0.2, 0.25) is 0 Å². The predicted octanol–water partition coefficient (Wildman–Crippen LogP) is 0.271. The van der Waals surface area contributed by atoms with Crippen molar-refractivity contribution in [1.82, 2.24) is 19.6 Å². The third-order valence-electron chi connectivity index (χ3n) is 2.97. The summed E-state index contributed by atoms with van der Waals surface area (Å²) in [7, 11) is -1.96. The summed E-state index contributed by atoms with van der Waals surface area (Å²) in [4.78, 5) is 7.62. The maximum atomic E-state index is 12.2. The van der Waals surface area contributed by atoms with Gasteiger partial charge in [0.1, 0.15) is 0 Å². The van der Waals surface area contributed by atoms with E-state index in [1.807, 2.05) is 0 Å². The van der Waals surface area contributed by atoms with Gasteiger partial charge in [0.25, 0.3) is 15.2 Å². The Bertz CT molecular complexity index is 462. The number of nitrogens with one attached hydrogen (secondary N) is 1. The lowest BCUT2D eigenvalue weighted by atomic mass is 10.1. The van der Waals surface area contributed by atoms with E-state index >= 15 is 0 Å². The predicted molar refractivity (Wildman–Crippen MR) is 70.1 cm³/mol. The van der Waals surface area contributed by atoms with Crippen molar-refractivity contribution in [2.75, 3.05) is 20.1 Å². The number of aromatic nitrogens is 2. The van der Waals surface area contributed by atoms with Crippen LogP contribution >= 0.6 is 12.4 Å². The van der Waals surface area contributed by atoms with Crippen molar-refractivity contribution < 1.29 is 8.42 Å². The number of piperidine rings is 1. The molecule has 8 heteroatoms. The second kappa shape index (κ2) is 6.42. The Morgan fingerprint density at radius 2 is 1.83 bits per heavy atom. The quantitative estimate of drug-likeness (QED) is 0.810. The molecular weight excluding hydrogens is 276 g/mol. The van der Waals surface area contributed by atoms with Gasteiger partial charge < -0.3 is 5.32 Å². The Morgan fingerprint density at radius 3 is 2.39 bits per heavy atom. The number of nitrogens with zero attached hydrogens (tertiary/aromatic N) is 3. The lowest BCUT2D eigenvalue weighted by Gasteiger charge is -2.30. The van der Waals surface area contributed by atoms with Gasteiger partial charge in [-0.3, -0.25) is 0 Å². The van der Waals surface area contributed by atoms with Crippen LogP contribution in [0.15, 0.2) is 23.6 Å². The molecule has 1 aromatic rings. The van der Waals surface area contributed by atoms with Crippen LogP contribution in [0.25, 0.3) is 0 Å². The zero-order valence-electron chi connectivity index (χ0n) is 10.1. The lowest BCUT2D eigenvalue weighted by molar-refractivity contribution is 0.295. The van der Waals surface area contributed by atoms with Crippen LogP contribution in [-0.2, 0) is 10.0 Å². The fourth-order valence-electron chi connectivity index (χ4n) is 1.91. The summed E-state index contributed by atoms with van der Waals surface area (Å²) in [6.07, 6.45) is 4.53. The highest BCUT2D eigenvalue weighted by Gasteiger charge is 2.30. The molecule has 0 spiro atoms. The van der Waals surface area contributed by atoms with Crippen LogP contribution in [0.5, 0.6) is 0 Å². The standard InChI is InChI=1S/C10H16N4O2S.ClH/c1-14(9-3-7-11-8-4-9)17(15,16)10-12-5-2-6-13-10;/h2,5-6,9,11H,3-4,7-8H2,1H3;1H. The third kappa shape index (κ3) is 3.17. The minimum atomic E-state index is -3.56. The number of halogens is 1. The molecular formula is C10H17ClN4O2S. The highest BCUT2D eigenvalue weighted by Crippen LogP contribution is 2.17. The van der Waals surface area contributed by atoms with E-state index in [1.54, 1.807) is 13.1 Å². The summed E-state index contributed by atoms with van der Waals surface area (Å²) in [5.74, 6) is 0. The molecule has 1 aliphatic heterocycles. The monoisotopic (exact) mass is 292 g/mol. The van der Waals surface area contributed by atoms with E-state index in [-0.39, 0.29) is 23.6 Å². The van der Waals surface area contributed by atoms with Crippen LogP contribution < -0.4 is 5.32 Å². The molecule has 0 amide bonds. The van der Waals surface area contributed by atoms with Gasteiger partial charge in [-0.15, -0.1) is 12.4 Å². The molecule has 1 saturated heterocycles. The van der Waals surface area contributed by atoms with Crippen LogP contribution in [-0.4, -0.2) is 48.9 Å². The normalized spacial score (nSPS) is 17.4. The molecule has 1 aliphatic rings. The van der Waals surface area contributed by atoms with E-state index in [9.17, 15) is 8.42 Å². The van der Waals surface area contributed by atoms with Gasteiger partial charge in [-0.2, -0.15) is 4.31 Å². The molecule has 6 nitrogen and oxygen atoms in total. The Kier molecular flexibility index (Phi) is 5.46. The molecule has 18 heavy (non-hydrogen) atoms. The van der Waals surface area contributed by atoms with Crippen molar-refractivity contribution in [2.45, 2.75) is 24.0 Å². The zero-order valence-corrected chi connectivity index (χ0v) is 11.7. The van der Waals surface area contributed by atoms with E-state index in [2.05, 4.69) is 15.3 Å². The Hall–Kier alpha value is -0.760. The van der Waals surface area contributed by atoms with Crippen LogP contribution in [0.1, 0.15) is 12.8 Å². The molecule has 1 aromatic heterocycles. The maximum Gasteiger partial charge on any atom is 0.278 e. The molecule has 2 rings (SSSR count). The molecule has 0 aromatic carbocycles. The molecule has 102 valence electrons. The fraction of sp³-hybridized carbons (Fsp3) is 0.600. The van der Waals surface area contributed by atoms with Gasteiger partial charge in [0.2, 0.25) is 0 Å². The van der Waals surface area contributed by atoms with Crippen molar-refractivity contribution in [3.8, 4) is 0 Å². The molecule has 0 atom stereocenters. The second-order valence-corrected chi connectivity index (χ2v) is 5.93. The third-order valence-corrected chi connectivity index (χ3v) is 4.70. The van der Waals surface area contributed by atoms with Crippen LogP contribution in [0.4, 0.5) is 0 Å². The highest BCUT2D eigenvalue weighted by molar-refractivity contribution is 7.88. The molecule has 0 radical (unpaired) electrons. The molecule has 0 saturated carbocycles. The highest BCUT2D eigenvalue weighted by atomic mass is 35.5. The van der Waals surface area contributed by atoms with Crippen molar-refractivity contribution in [3.63, 3.8) is 0 Å². The van der Waals surface area contributed by atoms with Gasteiger partial charge >= 0.3 is 0 Å². The topological polar surface area (TPSA) is 75.2 Å². The van der Waals surface area contributed by atoms with E-state index in [0.717, 1.165) is 25.9 Å². The Balaban J connectivity index is 0.00000162. The van der Waals surface area contributed by atoms with Crippen LogP contribution in [0.3, 0.4) is 0 Å². The van der Waals surface area contributed by atoms with Crippen molar-refractivity contribution >= 4 is 22.4 Å². The number of hydrogen-bond acceptors (Lipinski definition) is 5. The summed E-state index contributed by atoms with van der Waals surface area (Å²) in [6, 6.07) is 1.63. The zero-order chi connectivity index (χ0) is 12.3. The van der Waals surface area contributed by atoms with Gasteiger partial charge in [0, 0.05) is 25.5 Å². The number of sulfonamides is 1. The first-order chi connectivity index (χ1) is 8.12. The molecule has 1 N–H and O–H groups in total. The largest absolute Gasteiger partial charge is 0.317 e. The first-order valence-electron chi connectivity index (χ1n) is 5.58. The minimum Gasteiger partial charge on any atom is -0.317 e. The average Bonchev–Trinajstić information content (AvgIpc) is 2.40. The van der Waals surface area contributed by atoms with Crippen molar-refractivity contribution in [3.05, 3.63) is 18.5 Å². The van der Waals surface area contributed by atoms with Crippen LogP contribution in [0, 0.1) is 0 Å². The van der Waals surface area contributed by atoms with Gasteiger partial charge in [-0.25, -0.2) is 18.4 Å². The molecule has 2 heterocycles. The van der Waals surface area contributed by atoms with Gasteiger partial charge in [0.05, 0.1) is 0 Å². The van der Waals surface area contributed by atoms with Gasteiger partial charge in [-0.1, -0.05) is 0 Å². The summed E-state index contributed by atoms with van der Waals surface area (Å²) in [5.41, 5.74) is 0. The first kappa shape index (κ1) is 15.3. The summed E-state index contributed by atoms with van der Waals surface area (Å²) >= 11 is 0. The maximum absolute atomic E-state index is 12.2. The number of hydrogen-bond donors (Lipinski definition) is 1. The SMILES string of the molecule is CN(C1CCNCC1)S(=O)(=O)c1ncccn1.Cl. The Morgan fingerprint density at radius 1 is 1.28 bits per heavy atom. The summed E-state index contributed by atoms with van der Waals surface area (Å²) < 4.78 is 25.8. The van der Waals surface area contributed by atoms with Crippen molar-refractivity contribution in [2.24, 2.45) is 0 Å². The van der Waals surface area contributed by atoms with E-state index in [4.69, 9.17) is 0 Å². The summed E-state index contributed by atoms with van der Waals surface area (Å²) in [6.45, 7) is 1.69. The minimum absolute atomic E-state index is 0. The second-order valence-electron chi connectivity index (χ2n) is 4.03.